The van der Waals surface area contributed by atoms with Gasteiger partial charge in [0.2, 0.25) is 0 Å². The number of amides is 3. The number of carbonyl (C=O) groups is 3. The highest BCUT2D eigenvalue weighted by molar-refractivity contribution is 6.30. The molecule has 1 aromatic carbocycles. The highest BCUT2D eigenvalue weighted by atomic mass is 35.5. The van der Waals surface area contributed by atoms with Crippen LogP contribution in [0.3, 0.4) is 0 Å². The highest BCUT2D eigenvalue weighted by Crippen LogP contribution is 2.33. The number of hydrogen-bond donors (Lipinski definition) is 1. The first-order chi connectivity index (χ1) is 17.8. The van der Waals surface area contributed by atoms with Gasteiger partial charge in [0.15, 0.2) is 5.76 Å². The smallest absolute Gasteiger partial charge is 0.338 e. The highest BCUT2D eigenvalue weighted by Gasteiger charge is 2.39. The Kier molecular flexibility index (Phi) is 8.35. The van der Waals surface area contributed by atoms with Gasteiger partial charge in [-0.2, -0.15) is 0 Å². The number of hydrogen-bond acceptors (Lipinski definition) is 6. The van der Waals surface area contributed by atoms with Crippen molar-refractivity contribution in [2.75, 3.05) is 39.3 Å². The quantitative estimate of drug-likeness (QED) is 0.415. The average Bonchev–Trinajstić information content (AvgIpc) is 3.41. The van der Waals surface area contributed by atoms with Crippen molar-refractivity contribution in [2.45, 2.75) is 25.9 Å². The first-order valence-electron chi connectivity index (χ1n) is 12.2. The Bertz CT molecular complexity index is 1200. The molecule has 3 amide bonds. The number of piperazine rings is 1. The minimum atomic E-state index is -0.722. The Hall–Kier alpha value is -3.56. The number of nitrogens with one attached hydrogen (secondary N) is 1. The van der Waals surface area contributed by atoms with Crippen LogP contribution in [0.25, 0.3) is 0 Å². The Labute approximate surface area is 221 Å². The molecule has 2 unspecified atom stereocenters. The number of benzene rings is 1. The van der Waals surface area contributed by atoms with E-state index in [1.807, 2.05) is 13.0 Å². The fraction of sp³-hybridized carbons (Fsp3) is 0.370. The van der Waals surface area contributed by atoms with Crippen molar-refractivity contribution in [3.8, 4) is 0 Å². The van der Waals surface area contributed by atoms with Gasteiger partial charge in [0.05, 0.1) is 24.5 Å². The number of urea groups is 1. The Morgan fingerprint density at radius 1 is 1.27 bits per heavy atom. The predicted octanol–water partition coefficient (Wildman–Crippen LogP) is 3.85. The van der Waals surface area contributed by atoms with Crippen LogP contribution in [-0.4, -0.2) is 78.0 Å². The second kappa shape index (κ2) is 11.7. The summed E-state index contributed by atoms with van der Waals surface area (Å²) in [6.45, 7) is 9.82. The van der Waals surface area contributed by atoms with Crippen molar-refractivity contribution < 1.29 is 23.5 Å². The fourth-order valence-corrected chi connectivity index (χ4v) is 5.01. The summed E-state index contributed by atoms with van der Waals surface area (Å²) in [4.78, 5) is 44.8. The number of ether oxygens (including phenoxy) is 1. The normalized spacial score (nSPS) is 20.6. The number of nitrogens with zero attached hydrogens (tertiary/aromatic N) is 3. The largest absolute Gasteiger partial charge is 0.463 e. The molecule has 1 N–H and O–H groups in total. The summed E-state index contributed by atoms with van der Waals surface area (Å²) in [5, 5.41) is 3.43. The van der Waals surface area contributed by atoms with Crippen LogP contribution in [0.5, 0.6) is 0 Å². The predicted molar refractivity (Wildman–Crippen MR) is 139 cm³/mol. The third-order valence-corrected chi connectivity index (χ3v) is 6.74. The zero-order chi connectivity index (χ0) is 26.5. The second-order valence-corrected chi connectivity index (χ2v) is 9.41. The second-order valence-electron chi connectivity index (χ2n) is 8.98. The number of rotatable bonds is 8. The maximum absolute atomic E-state index is 13.3. The lowest BCUT2D eigenvalue weighted by atomic mass is 9.94. The molecule has 37 heavy (non-hydrogen) atoms. The summed E-state index contributed by atoms with van der Waals surface area (Å²) in [6.07, 6.45) is 3.10. The minimum Gasteiger partial charge on any atom is -0.463 e. The van der Waals surface area contributed by atoms with Gasteiger partial charge in [-0.05, 0) is 43.7 Å². The van der Waals surface area contributed by atoms with E-state index in [0.717, 1.165) is 0 Å². The van der Waals surface area contributed by atoms with Crippen LogP contribution in [0.4, 0.5) is 4.79 Å². The third-order valence-electron chi connectivity index (χ3n) is 6.51. The van der Waals surface area contributed by atoms with Crippen LogP contribution < -0.4 is 5.32 Å². The van der Waals surface area contributed by atoms with E-state index in [1.165, 1.54) is 11.2 Å². The fourth-order valence-electron chi connectivity index (χ4n) is 4.81. The molecule has 0 spiro atoms. The number of halogens is 1. The maximum Gasteiger partial charge on any atom is 0.338 e. The van der Waals surface area contributed by atoms with Gasteiger partial charge in [0.1, 0.15) is 0 Å². The molecule has 196 valence electrons. The molecule has 0 saturated carbocycles. The molecular formula is C27H31ClN4O5. The monoisotopic (exact) mass is 526 g/mol. The van der Waals surface area contributed by atoms with Crippen molar-refractivity contribution in [3.05, 3.63) is 82.9 Å². The van der Waals surface area contributed by atoms with Gasteiger partial charge in [-0.25, -0.2) is 9.59 Å². The molecule has 2 atom stereocenters. The lowest BCUT2D eigenvalue weighted by Crippen LogP contribution is -2.56. The molecule has 2 aliphatic rings. The first-order valence-corrected chi connectivity index (χ1v) is 12.6. The lowest BCUT2D eigenvalue weighted by molar-refractivity contribution is -0.139. The van der Waals surface area contributed by atoms with Crippen LogP contribution in [0, 0.1) is 0 Å². The third kappa shape index (κ3) is 5.73. The van der Waals surface area contributed by atoms with Gasteiger partial charge in [0, 0.05) is 49.5 Å². The SMILES string of the molecule is C=CCN1C(=O)NC(c2cccc(Cl)c2)C(C(=O)OCC)=C1CN1CCN(C(=O)c2ccco2)C(C)C1. The first kappa shape index (κ1) is 26.5. The van der Waals surface area contributed by atoms with Crippen LogP contribution in [0.1, 0.15) is 36.0 Å². The van der Waals surface area contributed by atoms with Crippen LogP contribution in [-0.2, 0) is 9.53 Å². The van der Waals surface area contributed by atoms with E-state index in [9.17, 15) is 14.4 Å². The molecule has 0 bridgehead atoms. The maximum atomic E-state index is 13.3. The standard InChI is InChI=1S/C27H31ClN4O5/c1-4-11-32-21(17-30-12-13-31(18(3)16-30)25(33)22-10-7-14-37-22)23(26(34)36-5-2)24(29-27(32)35)19-8-6-9-20(28)15-19/h4,6-10,14-15,18,24H,1,5,11-13,16-17H2,2-3H3,(H,29,35). The molecule has 10 heteroatoms. The van der Waals surface area contributed by atoms with E-state index >= 15 is 0 Å². The zero-order valence-corrected chi connectivity index (χ0v) is 21.7. The number of furan rings is 1. The van der Waals surface area contributed by atoms with Gasteiger partial charge in [-0.1, -0.05) is 29.8 Å². The minimum absolute atomic E-state index is 0.105. The Morgan fingerprint density at radius 2 is 2.08 bits per heavy atom. The molecule has 1 aromatic heterocycles. The molecular weight excluding hydrogens is 496 g/mol. The van der Waals surface area contributed by atoms with Gasteiger partial charge in [-0.15, -0.1) is 6.58 Å². The molecule has 1 saturated heterocycles. The molecule has 0 aliphatic carbocycles. The molecule has 9 nitrogen and oxygen atoms in total. The molecule has 2 aliphatic heterocycles. The summed E-state index contributed by atoms with van der Waals surface area (Å²) >= 11 is 6.24. The average molecular weight is 527 g/mol. The Balaban J connectivity index is 1.67. The van der Waals surface area contributed by atoms with E-state index in [1.54, 1.807) is 48.2 Å². The van der Waals surface area contributed by atoms with Gasteiger partial charge >= 0.3 is 12.0 Å². The number of carbonyl (C=O) groups excluding carboxylic acids is 3. The van der Waals surface area contributed by atoms with Crippen molar-refractivity contribution in [1.82, 2.24) is 20.0 Å². The summed E-state index contributed by atoms with van der Waals surface area (Å²) in [7, 11) is 0. The van der Waals surface area contributed by atoms with Crippen LogP contribution >= 0.6 is 11.6 Å². The molecule has 3 heterocycles. The topological polar surface area (TPSA) is 95.3 Å². The Morgan fingerprint density at radius 3 is 2.73 bits per heavy atom. The zero-order valence-electron chi connectivity index (χ0n) is 21.0. The van der Waals surface area contributed by atoms with E-state index < -0.39 is 12.0 Å². The summed E-state index contributed by atoms with van der Waals surface area (Å²) in [5.74, 6) is -0.357. The van der Waals surface area contributed by atoms with E-state index in [4.69, 9.17) is 20.8 Å². The van der Waals surface area contributed by atoms with Crippen molar-refractivity contribution in [1.29, 1.82) is 0 Å². The van der Waals surface area contributed by atoms with E-state index in [-0.39, 0.29) is 31.1 Å². The van der Waals surface area contributed by atoms with Crippen molar-refractivity contribution >= 4 is 29.5 Å². The molecule has 2 aromatic rings. The summed E-state index contributed by atoms with van der Waals surface area (Å²) in [6, 6.07) is 9.24. The molecule has 1 fully saturated rings. The molecule has 0 radical (unpaired) electrons. The van der Waals surface area contributed by atoms with E-state index in [0.29, 0.717) is 53.8 Å². The van der Waals surface area contributed by atoms with Gasteiger partial charge < -0.3 is 19.4 Å². The lowest BCUT2D eigenvalue weighted by Gasteiger charge is -2.42. The van der Waals surface area contributed by atoms with Crippen molar-refractivity contribution in [3.63, 3.8) is 0 Å². The summed E-state index contributed by atoms with van der Waals surface area (Å²) < 4.78 is 10.7. The van der Waals surface area contributed by atoms with Crippen LogP contribution in [0.2, 0.25) is 5.02 Å². The van der Waals surface area contributed by atoms with Crippen LogP contribution in [0.15, 0.2) is 71.0 Å². The van der Waals surface area contributed by atoms with Crippen molar-refractivity contribution in [2.24, 2.45) is 0 Å². The summed E-state index contributed by atoms with van der Waals surface area (Å²) in [5.41, 5.74) is 1.58. The van der Waals surface area contributed by atoms with E-state index in [2.05, 4.69) is 16.8 Å². The van der Waals surface area contributed by atoms with Gasteiger partial charge in [-0.3, -0.25) is 14.6 Å². The molecule has 4 rings (SSSR count). The number of esters is 1. The van der Waals surface area contributed by atoms with Gasteiger partial charge in [0.25, 0.3) is 5.91 Å².